The molecule has 1 saturated heterocycles. The van der Waals surface area contributed by atoms with Crippen molar-refractivity contribution in [3.8, 4) is 11.1 Å². The van der Waals surface area contributed by atoms with E-state index in [0.717, 1.165) is 40.7 Å². The molecular formula is C24H25FO3. The standard InChI is InChI=1S/C24H25FO3/c1-15-3-8-19(17-4-6-18(25)7-5-17)16(2)22(15)23-20(26)13-24(14-21(23)27)9-11-28-12-10-24/h3-8,26H,9-14H2,1-2H3. The fourth-order valence-corrected chi connectivity index (χ4v) is 4.71. The van der Waals surface area contributed by atoms with Gasteiger partial charge in [0.05, 0.1) is 5.57 Å². The average molecular weight is 380 g/mol. The van der Waals surface area contributed by atoms with Crippen molar-refractivity contribution in [2.45, 2.75) is 39.5 Å². The molecule has 1 spiro atoms. The van der Waals surface area contributed by atoms with Gasteiger partial charge >= 0.3 is 0 Å². The summed E-state index contributed by atoms with van der Waals surface area (Å²) in [6, 6.07) is 10.3. The number of Topliss-reactive ketones (excluding diaryl/α,β-unsaturated/α-hetero) is 1. The van der Waals surface area contributed by atoms with Crippen molar-refractivity contribution < 1.29 is 19.0 Å². The van der Waals surface area contributed by atoms with Crippen LogP contribution in [0.2, 0.25) is 0 Å². The number of hydrogen-bond acceptors (Lipinski definition) is 3. The van der Waals surface area contributed by atoms with Gasteiger partial charge in [-0.2, -0.15) is 0 Å². The monoisotopic (exact) mass is 380 g/mol. The topological polar surface area (TPSA) is 46.5 Å². The number of halogens is 1. The van der Waals surface area contributed by atoms with E-state index in [-0.39, 0.29) is 22.8 Å². The SMILES string of the molecule is Cc1ccc(-c2ccc(F)cc2)c(C)c1C1=C(O)CC2(CCOCC2)CC1=O. The van der Waals surface area contributed by atoms with Gasteiger partial charge in [0.15, 0.2) is 5.78 Å². The Bertz CT molecular complexity index is 951. The van der Waals surface area contributed by atoms with Crippen molar-refractivity contribution in [1.82, 2.24) is 0 Å². The summed E-state index contributed by atoms with van der Waals surface area (Å²) >= 11 is 0. The van der Waals surface area contributed by atoms with Gasteiger partial charge in [0.1, 0.15) is 11.6 Å². The molecule has 0 radical (unpaired) electrons. The number of carbonyl (C=O) groups is 1. The molecule has 1 fully saturated rings. The van der Waals surface area contributed by atoms with Crippen molar-refractivity contribution in [2.24, 2.45) is 5.41 Å². The molecule has 0 bridgehead atoms. The van der Waals surface area contributed by atoms with E-state index < -0.39 is 0 Å². The van der Waals surface area contributed by atoms with Crippen LogP contribution in [0.25, 0.3) is 16.7 Å². The first-order chi connectivity index (χ1) is 13.4. The molecule has 3 nitrogen and oxygen atoms in total. The lowest BCUT2D eigenvalue weighted by atomic mass is 9.67. The molecule has 0 atom stereocenters. The van der Waals surface area contributed by atoms with Crippen LogP contribution in [0.15, 0.2) is 42.2 Å². The quantitative estimate of drug-likeness (QED) is 0.744. The van der Waals surface area contributed by atoms with Gasteiger partial charge < -0.3 is 9.84 Å². The largest absolute Gasteiger partial charge is 0.512 e. The Kier molecular flexibility index (Phi) is 4.84. The maximum absolute atomic E-state index is 13.3. The Labute approximate surface area is 164 Å². The Balaban J connectivity index is 1.80. The fourth-order valence-electron chi connectivity index (χ4n) is 4.71. The minimum absolute atomic E-state index is 0.00751. The molecule has 0 amide bonds. The van der Waals surface area contributed by atoms with Crippen molar-refractivity contribution in [3.05, 3.63) is 64.7 Å². The molecule has 0 aromatic heterocycles. The second-order valence-electron chi connectivity index (χ2n) is 8.15. The summed E-state index contributed by atoms with van der Waals surface area (Å²) in [6.45, 7) is 5.22. The Morgan fingerprint density at radius 2 is 1.68 bits per heavy atom. The molecule has 4 rings (SSSR count). The number of aliphatic hydroxyl groups excluding tert-OH is 1. The summed E-state index contributed by atoms with van der Waals surface area (Å²) < 4.78 is 18.8. The van der Waals surface area contributed by atoms with Gasteiger partial charge in [0.25, 0.3) is 0 Å². The molecule has 1 heterocycles. The normalized spacial score (nSPS) is 19.3. The Morgan fingerprint density at radius 3 is 2.32 bits per heavy atom. The predicted octanol–water partition coefficient (Wildman–Crippen LogP) is 5.54. The first kappa shape index (κ1) is 18.9. The van der Waals surface area contributed by atoms with Gasteiger partial charge in [-0.05, 0) is 72.1 Å². The maximum atomic E-state index is 13.3. The number of aryl methyl sites for hydroxylation is 1. The number of ketones is 1. The van der Waals surface area contributed by atoms with Crippen molar-refractivity contribution >= 4 is 11.4 Å². The summed E-state index contributed by atoms with van der Waals surface area (Å²) in [5, 5.41) is 10.9. The summed E-state index contributed by atoms with van der Waals surface area (Å²) in [5.41, 5.74) is 4.83. The van der Waals surface area contributed by atoms with Crippen LogP contribution in [0, 0.1) is 25.1 Å². The molecule has 0 saturated carbocycles. The fraction of sp³-hybridized carbons (Fsp3) is 0.375. The minimum Gasteiger partial charge on any atom is -0.512 e. The Hall–Kier alpha value is -2.46. The average Bonchev–Trinajstić information content (AvgIpc) is 2.65. The number of ether oxygens (including phenoxy) is 1. The zero-order chi connectivity index (χ0) is 19.9. The second kappa shape index (κ2) is 7.17. The Morgan fingerprint density at radius 1 is 1.00 bits per heavy atom. The van der Waals surface area contributed by atoms with Gasteiger partial charge in [-0.25, -0.2) is 4.39 Å². The second-order valence-corrected chi connectivity index (χ2v) is 8.15. The summed E-state index contributed by atoms with van der Waals surface area (Å²) in [4.78, 5) is 13.2. The maximum Gasteiger partial charge on any atom is 0.167 e. The minimum atomic E-state index is -0.279. The van der Waals surface area contributed by atoms with Crippen LogP contribution in [0.4, 0.5) is 4.39 Å². The molecule has 0 unspecified atom stereocenters. The van der Waals surface area contributed by atoms with Crippen LogP contribution in [0.1, 0.15) is 42.4 Å². The number of aliphatic hydroxyl groups is 1. The van der Waals surface area contributed by atoms with Gasteiger partial charge in [-0.3, -0.25) is 4.79 Å². The van der Waals surface area contributed by atoms with Gasteiger partial charge in [0, 0.05) is 26.1 Å². The van der Waals surface area contributed by atoms with E-state index in [2.05, 4.69) is 0 Å². The third kappa shape index (κ3) is 3.26. The zero-order valence-electron chi connectivity index (χ0n) is 16.3. The lowest BCUT2D eigenvalue weighted by molar-refractivity contribution is -0.118. The molecule has 1 aliphatic heterocycles. The molecule has 2 aliphatic rings. The molecule has 4 heteroatoms. The van der Waals surface area contributed by atoms with Crippen molar-refractivity contribution in [3.63, 3.8) is 0 Å². The van der Waals surface area contributed by atoms with Crippen LogP contribution in [0.3, 0.4) is 0 Å². The summed E-state index contributed by atoms with van der Waals surface area (Å²) in [6.07, 6.45) is 2.60. The highest BCUT2D eigenvalue weighted by atomic mass is 19.1. The predicted molar refractivity (Wildman–Crippen MR) is 108 cm³/mol. The molecule has 28 heavy (non-hydrogen) atoms. The van der Waals surface area contributed by atoms with Crippen LogP contribution in [-0.2, 0) is 9.53 Å². The smallest absolute Gasteiger partial charge is 0.167 e. The van der Waals surface area contributed by atoms with E-state index in [9.17, 15) is 14.3 Å². The number of allylic oxidation sites excluding steroid dienone is 2. The van der Waals surface area contributed by atoms with Gasteiger partial charge in [-0.15, -0.1) is 0 Å². The van der Waals surface area contributed by atoms with E-state index >= 15 is 0 Å². The lowest BCUT2D eigenvalue weighted by Crippen LogP contribution is -2.36. The molecule has 2 aromatic carbocycles. The van der Waals surface area contributed by atoms with Crippen LogP contribution >= 0.6 is 0 Å². The van der Waals surface area contributed by atoms with Gasteiger partial charge in [0.2, 0.25) is 0 Å². The molecule has 2 aromatic rings. The first-order valence-corrected chi connectivity index (χ1v) is 9.80. The van der Waals surface area contributed by atoms with Gasteiger partial charge in [-0.1, -0.05) is 24.3 Å². The molecule has 1 N–H and O–H groups in total. The van der Waals surface area contributed by atoms with Crippen molar-refractivity contribution in [2.75, 3.05) is 13.2 Å². The summed E-state index contributed by atoms with van der Waals surface area (Å²) in [7, 11) is 0. The highest BCUT2D eigenvalue weighted by molar-refractivity contribution is 6.23. The number of hydrogen-bond donors (Lipinski definition) is 1. The molecular weight excluding hydrogens is 355 g/mol. The third-order valence-corrected chi connectivity index (χ3v) is 6.28. The van der Waals surface area contributed by atoms with Crippen LogP contribution in [-0.4, -0.2) is 24.1 Å². The van der Waals surface area contributed by atoms with E-state index in [1.165, 1.54) is 12.1 Å². The van der Waals surface area contributed by atoms with E-state index in [0.29, 0.717) is 31.6 Å². The molecule has 1 aliphatic carbocycles. The lowest BCUT2D eigenvalue weighted by Gasteiger charge is -2.40. The highest BCUT2D eigenvalue weighted by Crippen LogP contribution is 2.47. The summed E-state index contributed by atoms with van der Waals surface area (Å²) in [5.74, 6) is -0.0768. The first-order valence-electron chi connectivity index (χ1n) is 9.80. The van der Waals surface area contributed by atoms with E-state index in [1.807, 2.05) is 26.0 Å². The number of carbonyl (C=O) groups excluding carboxylic acids is 1. The van der Waals surface area contributed by atoms with Crippen LogP contribution in [0.5, 0.6) is 0 Å². The van der Waals surface area contributed by atoms with Crippen molar-refractivity contribution in [1.29, 1.82) is 0 Å². The number of benzene rings is 2. The highest BCUT2D eigenvalue weighted by Gasteiger charge is 2.42. The van der Waals surface area contributed by atoms with E-state index in [1.54, 1.807) is 12.1 Å². The zero-order valence-corrected chi connectivity index (χ0v) is 16.3. The number of rotatable bonds is 2. The molecule has 146 valence electrons. The van der Waals surface area contributed by atoms with E-state index in [4.69, 9.17) is 4.74 Å². The third-order valence-electron chi connectivity index (χ3n) is 6.28. The van der Waals surface area contributed by atoms with Crippen LogP contribution < -0.4 is 0 Å².